The molecule has 27 heavy (non-hydrogen) atoms. The first-order valence-corrected chi connectivity index (χ1v) is 10.9. The van der Waals surface area contributed by atoms with Gasteiger partial charge >= 0.3 is 0 Å². The van der Waals surface area contributed by atoms with Gasteiger partial charge in [-0.05, 0) is 48.7 Å². The zero-order valence-corrected chi connectivity index (χ0v) is 16.5. The first-order valence-electron chi connectivity index (χ1n) is 9.00. The van der Waals surface area contributed by atoms with Gasteiger partial charge in [0.25, 0.3) is 5.91 Å². The Labute approximate surface area is 160 Å². The molecule has 0 radical (unpaired) electrons. The molecule has 0 bridgehead atoms. The summed E-state index contributed by atoms with van der Waals surface area (Å²) in [4.78, 5) is 16.8. The van der Waals surface area contributed by atoms with E-state index in [0.717, 1.165) is 24.9 Å². The second-order valence-corrected chi connectivity index (χ2v) is 8.68. The quantitative estimate of drug-likeness (QED) is 0.827. The molecule has 1 aliphatic heterocycles. The van der Waals surface area contributed by atoms with Gasteiger partial charge in [0.1, 0.15) is 0 Å². The van der Waals surface area contributed by atoms with E-state index in [-0.39, 0.29) is 5.91 Å². The zero-order valence-electron chi connectivity index (χ0n) is 15.7. The number of amides is 1. The van der Waals surface area contributed by atoms with E-state index in [0.29, 0.717) is 17.8 Å². The molecule has 1 aliphatic rings. The van der Waals surface area contributed by atoms with Gasteiger partial charge in [-0.2, -0.15) is 0 Å². The number of carbonyl (C=O) groups is 1. The van der Waals surface area contributed by atoms with Crippen molar-refractivity contribution >= 4 is 27.3 Å². The fraction of sp³-hybridized carbons (Fsp3) is 0.350. The zero-order chi connectivity index (χ0) is 19.4. The molecule has 0 atom stereocenters. The second kappa shape index (κ2) is 8.00. The number of anilines is 2. The highest BCUT2D eigenvalue weighted by Crippen LogP contribution is 2.25. The number of rotatable bonds is 6. The summed E-state index contributed by atoms with van der Waals surface area (Å²) in [6.45, 7) is 2.64. The van der Waals surface area contributed by atoms with Crippen LogP contribution in [0.4, 0.5) is 11.4 Å². The Morgan fingerprint density at radius 2 is 1.70 bits per heavy atom. The lowest BCUT2D eigenvalue weighted by Gasteiger charge is -2.24. The SMILES string of the molecule is CN(Cc1ccccc1N1CCCC1)C(=O)c1ccc(NS(C)(=O)=O)cc1. The van der Waals surface area contributed by atoms with Crippen LogP contribution in [-0.2, 0) is 16.6 Å². The molecule has 0 spiro atoms. The largest absolute Gasteiger partial charge is 0.371 e. The number of benzene rings is 2. The van der Waals surface area contributed by atoms with Crippen molar-refractivity contribution in [2.45, 2.75) is 19.4 Å². The van der Waals surface area contributed by atoms with Gasteiger partial charge in [-0.1, -0.05) is 18.2 Å². The molecule has 7 heteroatoms. The van der Waals surface area contributed by atoms with Crippen LogP contribution in [0, 0.1) is 0 Å². The van der Waals surface area contributed by atoms with Gasteiger partial charge in [0, 0.05) is 43.6 Å². The Morgan fingerprint density at radius 3 is 2.33 bits per heavy atom. The van der Waals surface area contributed by atoms with Crippen molar-refractivity contribution in [3.05, 3.63) is 59.7 Å². The van der Waals surface area contributed by atoms with Crippen LogP contribution >= 0.6 is 0 Å². The van der Waals surface area contributed by atoms with Crippen LogP contribution in [-0.4, -0.2) is 45.6 Å². The number of nitrogens with one attached hydrogen (secondary N) is 1. The minimum Gasteiger partial charge on any atom is -0.371 e. The normalized spacial score (nSPS) is 14.2. The summed E-state index contributed by atoms with van der Waals surface area (Å²) in [5.41, 5.74) is 3.29. The standard InChI is InChI=1S/C20H25N3O3S/c1-22(15-17-7-3-4-8-19(17)23-13-5-6-14-23)20(24)16-9-11-18(12-10-16)21-27(2,25)26/h3-4,7-12,21H,5-6,13-15H2,1-2H3. The van der Waals surface area contributed by atoms with Gasteiger partial charge in [0.15, 0.2) is 0 Å². The molecule has 2 aromatic rings. The van der Waals surface area contributed by atoms with Crippen LogP contribution in [0.5, 0.6) is 0 Å². The van der Waals surface area contributed by atoms with Crippen LogP contribution in [0.25, 0.3) is 0 Å². The number of sulfonamides is 1. The maximum Gasteiger partial charge on any atom is 0.253 e. The Bertz CT molecular complexity index is 904. The Kier molecular flexibility index (Phi) is 5.70. The van der Waals surface area contributed by atoms with E-state index in [9.17, 15) is 13.2 Å². The van der Waals surface area contributed by atoms with Crippen LogP contribution < -0.4 is 9.62 Å². The minimum absolute atomic E-state index is 0.0999. The summed E-state index contributed by atoms with van der Waals surface area (Å²) in [5, 5.41) is 0. The third-order valence-electron chi connectivity index (χ3n) is 4.63. The number of hydrogen-bond donors (Lipinski definition) is 1. The lowest BCUT2D eigenvalue weighted by Crippen LogP contribution is -2.28. The smallest absolute Gasteiger partial charge is 0.253 e. The predicted molar refractivity (Wildman–Crippen MR) is 109 cm³/mol. The number of hydrogen-bond acceptors (Lipinski definition) is 4. The molecule has 0 aromatic heterocycles. The molecule has 0 aliphatic carbocycles. The summed E-state index contributed by atoms with van der Waals surface area (Å²) in [7, 11) is -1.55. The average Bonchev–Trinajstić information content (AvgIpc) is 3.15. The van der Waals surface area contributed by atoms with Crippen LogP contribution in [0.1, 0.15) is 28.8 Å². The van der Waals surface area contributed by atoms with Gasteiger partial charge < -0.3 is 9.80 Å². The van der Waals surface area contributed by atoms with Crippen LogP contribution in [0.15, 0.2) is 48.5 Å². The lowest BCUT2D eigenvalue weighted by molar-refractivity contribution is 0.0785. The Morgan fingerprint density at radius 1 is 1.07 bits per heavy atom. The third kappa shape index (κ3) is 5.01. The van der Waals surface area contributed by atoms with Crippen molar-refractivity contribution in [1.29, 1.82) is 0 Å². The van der Waals surface area contributed by atoms with Gasteiger partial charge in [0.05, 0.1) is 6.26 Å². The first kappa shape index (κ1) is 19.2. The highest BCUT2D eigenvalue weighted by atomic mass is 32.2. The van der Waals surface area contributed by atoms with Gasteiger partial charge in [-0.25, -0.2) is 8.42 Å². The molecular weight excluding hydrogens is 362 g/mol. The highest BCUT2D eigenvalue weighted by Gasteiger charge is 2.18. The summed E-state index contributed by atoms with van der Waals surface area (Å²) in [5.74, 6) is -0.0999. The maximum atomic E-state index is 12.8. The van der Waals surface area contributed by atoms with E-state index in [1.165, 1.54) is 18.5 Å². The molecule has 6 nitrogen and oxygen atoms in total. The summed E-state index contributed by atoms with van der Waals surface area (Å²) >= 11 is 0. The van der Waals surface area contributed by atoms with Crippen LogP contribution in [0.2, 0.25) is 0 Å². The number of nitrogens with zero attached hydrogens (tertiary/aromatic N) is 2. The number of para-hydroxylation sites is 1. The molecule has 1 saturated heterocycles. The van der Waals surface area contributed by atoms with Gasteiger partial charge in [-0.3, -0.25) is 9.52 Å². The molecule has 1 N–H and O–H groups in total. The molecule has 144 valence electrons. The molecule has 1 amide bonds. The Balaban J connectivity index is 1.71. The molecule has 0 saturated carbocycles. The van der Waals surface area contributed by atoms with E-state index in [1.807, 2.05) is 12.1 Å². The van der Waals surface area contributed by atoms with Crippen molar-refractivity contribution < 1.29 is 13.2 Å². The van der Waals surface area contributed by atoms with Crippen molar-refractivity contribution in [3.8, 4) is 0 Å². The van der Waals surface area contributed by atoms with E-state index in [2.05, 4.69) is 21.8 Å². The third-order valence-corrected chi connectivity index (χ3v) is 5.23. The monoisotopic (exact) mass is 387 g/mol. The molecule has 0 unspecified atom stereocenters. The minimum atomic E-state index is -3.33. The van der Waals surface area contributed by atoms with Crippen molar-refractivity contribution in [2.75, 3.05) is 36.0 Å². The van der Waals surface area contributed by atoms with Gasteiger partial charge in [-0.15, -0.1) is 0 Å². The lowest BCUT2D eigenvalue weighted by atomic mass is 10.1. The second-order valence-electron chi connectivity index (χ2n) is 6.94. The van der Waals surface area contributed by atoms with E-state index >= 15 is 0 Å². The topological polar surface area (TPSA) is 69.7 Å². The fourth-order valence-corrected chi connectivity index (χ4v) is 3.92. The maximum absolute atomic E-state index is 12.8. The van der Waals surface area contributed by atoms with Crippen LogP contribution in [0.3, 0.4) is 0 Å². The molecule has 1 heterocycles. The predicted octanol–water partition coefficient (Wildman–Crippen LogP) is 2.93. The molecule has 1 fully saturated rings. The summed E-state index contributed by atoms with van der Waals surface area (Å²) in [6, 6.07) is 14.7. The van der Waals surface area contributed by atoms with Crippen molar-refractivity contribution in [3.63, 3.8) is 0 Å². The molecule has 2 aromatic carbocycles. The molecule has 3 rings (SSSR count). The number of carbonyl (C=O) groups excluding carboxylic acids is 1. The summed E-state index contributed by atoms with van der Waals surface area (Å²) < 4.78 is 25.0. The first-order chi connectivity index (χ1) is 12.8. The fourth-order valence-electron chi connectivity index (χ4n) is 3.35. The van der Waals surface area contributed by atoms with E-state index in [1.54, 1.807) is 36.2 Å². The van der Waals surface area contributed by atoms with Crippen molar-refractivity contribution in [1.82, 2.24) is 4.90 Å². The van der Waals surface area contributed by atoms with Gasteiger partial charge in [0.2, 0.25) is 10.0 Å². The van der Waals surface area contributed by atoms with Crippen molar-refractivity contribution in [2.24, 2.45) is 0 Å². The average molecular weight is 388 g/mol. The van der Waals surface area contributed by atoms with E-state index in [4.69, 9.17) is 0 Å². The Hall–Kier alpha value is -2.54. The van der Waals surface area contributed by atoms with E-state index < -0.39 is 10.0 Å². The highest BCUT2D eigenvalue weighted by molar-refractivity contribution is 7.92. The molecular formula is C20H25N3O3S. The summed E-state index contributed by atoms with van der Waals surface area (Å²) in [6.07, 6.45) is 3.51.